The van der Waals surface area contributed by atoms with Crippen molar-refractivity contribution in [2.75, 3.05) is 37.7 Å². The van der Waals surface area contributed by atoms with Crippen molar-refractivity contribution in [3.05, 3.63) is 29.8 Å². The maximum atomic E-state index is 11.7. The summed E-state index contributed by atoms with van der Waals surface area (Å²) in [6.45, 7) is 9.09. The molecule has 0 bridgehead atoms. The Kier molecular flexibility index (Phi) is 5.77. The third-order valence-electron chi connectivity index (χ3n) is 5.56. The van der Waals surface area contributed by atoms with E-state index in [9.17, 15) is 4.79 Å². The van der Waals surface area contributed by atoms with Crippen molar-refractivity contribution in [2.24, 2.45) is 5.92 Å². The Bertz CT molecular complexity index is 527. The highest BCUT2D eigenvalue weighted by Crippen LogP contribution is 2.28. The van der Waals surface area contributed by atoms with Gasteiger partial charge in [-0.05, 0) is 62.8 Å². The fourth-order valence-electron chi connectivity index (χ4n) is 3.98. The zero-order valence-corrected chi connectivity index (χ0v) is 15.0. The number of nitrogens with zero attached hydrogens (tertiary/aromatic N) is 2. The molecule has 0 spiro atoms. The second-order valence-electron chi connectivity index (χ2n) is 7.20. The summed E-state index contributed by atoms with van der Waals surface area (Å²) < 4.78 is 5.04. The molecule has 0 N–H and O–H groups in total. The van der Waals surface area contributed by atoms with Crippen LogP contribution in [0.2, 0.25) is 0 Å². The normalized spacial score (nSPS) is 25.5. The van der Waals surface area contributed by atoms with E-state index in [1.165, 1.54) is 31.4 Å². The van der Waals surface area contributed by atoms with E-state index in [4.69, 9.17) is 4.74 Å². The van der Waals surface area contributed by atoms with Crippen LogP contribution < -0.4 is 4.90 Å². The summed E-state index contributed by atoms with van der Waals surface area (Å²) in [4.78, 5) is 16.8. The van der Waals surface area contributed by atoms with Crippen LogP contribution in [0.3, 0.4) is 0 Å². The van der Waals surface area contributed by atoms with Crippen LogP contribution >= 0.6 is 0 Å². The summed E-state index contributed by atoms with van der Waals surface area (Å²) >= 11 is 0. The third kappa shape index (κ3) is 4.10. The van der Waals surface area contributed by atoms with E-state index >= 15 is 0 Å². The molecule has 1 aliphatic carbocycles. The lowest BCUT2D eigenvalue weighted by atomic mass is 9.86. The first kappa shape index (κ1) is 17.3. The van der Waals surface area contributed by atoms with Crippen molar-refractivity contribution in [2.45, 2.75) is 45.6 Å². The maximum Gasteiger partial charge on any atom is 0.338 e. The van der Waals surface area contributed by atoms with Crippen molar-refractivity contribution >= 4 is 11.7 Å². The first-order chi connectivity index (χ1) is 11.7. The van der Waals surface area contributed by atoms with E-state index in [1.54, 1.807) is 0 Å². The lowest BCUT2D eigenvalue weighted by molar-refractivity contribution is 0.0526. The van der Waals surface area contributed by atoms with Crippen LogP contribution in [0.5, 0.6) is 0 Å². The quantitative estimate of drug-likeness (QED) is 0.790. The number of carbonyl (C=O) groups is 1. The smallest absolute Gasteiger partial charge is 0.338 e. The van der Waals surface area contributed by atoms with Gasteiger partial charge in [0.25, 0.3) is 0 Å². The second-order valence-corrected chi connectivity index (χ2v) is 7.20. The van der Waals surface area contributed by atoms with Gasteiger partial charge in [-0.2, -0.15) is 0 Å². The molecule has 1 aliphatic heterocycles. The minimum atomic E-state index is -0.236. The molecule has 1 aromatic carbocycles. The van der Waals surface area contributed by atoms with Gasteiger partial charge in [0.1, 0.15) is 0 Å². The molecule has 2 fully saturated rings. The van der Waals surface area contributed by atoms with E-state index in [1.807, 2.05) is 31.2 Å². The number of benzene rings is 1. The second kappa shape index (κ2) is 8.02. The summed E-state index contributed by atoms with van der Waals surface area (Å²) in [5, 5.41) is 0. The van der Waals surface area contributed by atoms with Crippen LogP contribution in [0.15, 0.2) is 24.3 Å². The summed E-state index contributed by atoms with van der Waals surface area (Å²) in [7, 11) is 0. The third-order valence-corrected chi connectivity index (χ3v) is 5.56. The summed E-state index contributed by atoms with van der Waals surface area (Å²) in [6.07, 6.45) is 5.52. The number of carbonyl (C=O) groups excluding carboxylic acids is 1. The number of hydrogen-bond acceptors (Lipinski definition) is 4. The van der Waals surface area contributed by atoms with Gasteiger partial charge >= 0.3 is 5.97 Å². The summed E-state index contributed by atoms with van der Waals surface area (Å²) in [5.74, 6) is 0.681. The van der Waals surface area contributed by atoms with Crippen LogP contribution in [-0.4, -0.2) is 49.7 Å². The Morgan fingerprint density at radius 3 is 2.25 bits per heavy atom. The number of esters is 1. The van der Waals surface area contributed by atoms with Crippen LogP contribution in [0.1, 0.15) is 49.9 Å². The minimum Gasteiger partial charge on any atom is -0.462 e. The Labute approximate surface area is 145 Å². The predicted octanol–water partition coefficient (Wildman–Crippen LogP) is 3.56. The molecule has 0 aromatic heterocycles. The Balaban J connectivity index is 1.52. The molecule has 0 unspecified atom stereocenters. The first-order valence-corrected chi connectivity index (χ1v) is 9.43. The van der Waals surface area contributed by atoms with Gasteiger partial charge in [0.15, 0.2) is 0 Å². The molecule has 132 valence electrons. The SMILES string of the molecule is CCOC(=O)c1ccc(N2CCN(C3CCC(C)CC3)CC2)cc1. The zero-order valence-electron chi connectivity index (χ0n) is 15.0. The van der Waals surface area contributed by atoms with Gasteiger partial charge in [0.05, 0.1) is 12.2 Å². The molecule has 3 rings (SSSR count). The van der Waals surface area contributed by atoms with Gasteiger partial charge < -0.3 is 9.64 Å². The Hall–Kier alpha value is -1.55. The fourth-order valence-corrected chi connectivity index (χ4v) is 3.98. The minimum absolute atomic E-state index is 0.236. The highest BCUT2D eigenvalue weighted by molar-refractivity contribution is 5.89. The molecule has 0 amide bonds. The van der Waals surface area contributed by atoms with Crippen molar-refractivity contribution < 1.29 is 9.53 Å². The lowest BCUT2D eigenvalue weighted by Gasteiger charge is -2.42. The summed E-state index contributed by atoms with van der Waals surface area (Å²) in [6, 6.07) is 8.65. The van der Waals surface area contributed by atoms with Crippen molar-refractivity contribution in [1.82, 2.24) is 4.90 Å². The largest absolute Gasteiger partial charge is 0.462 e. The topological polar surface area (TPSA) is 32.8 Å². The predicted molar refractivity (Wildman–Crippen MR) is 97.6 cm³/mol. The van der Waals surface area contributed by atoms with E-state index in [-0.39, 0.29) is 5.97 Å². The van der Waals surface area contributed by atoms with E-state index < -0.39 is 0 Å². The van der Waals surface area contributed by atoms with Crippen LogP contribution in [0.25, 0.3) is 0 Å². The van der Waals surface area contributed by atoms with E-state index in [0.29, 0.717) is 12.2 Å². The molecule has 4 nitrogen and oxygen atoms in total. The van der Waals surface area contributed by atoms with Crippen LogP contribution in [-0.2, 0) is 4.74 Å². The lowest BCUT2D eigenvalue weighted by Crippen LogP contribution is -2.51. The van der Waals surface area contributed by atoms with Gasteiger partial charge in [-0.3, -0.25) is 4.90 Å². The average molecular weight is 330 g/mol. The van der Waals surface area contributed by atoms with Gasteiger partial charge in [0.2, 0.25) is 0 Å². The molecule has 1 saturated heterocycles. The number of hydrogen-bond donors (Lipinski definition) is 0. The molecular weight excluding hydrogens is 300 g/mol. The van der Waals surface area contributed by atoms with Gasteiger partial charge in [0, 0.05) is 37.9 Å². The highest BCUT2D eigenvalue weighted by atomic mass is 16.5. The first-order valence-electron chi connectivity index (χ1n) is 9.43. The van der Waals surface area contributed by atoms with Crippen molar-refractivity contribution in [3.8, 4) is 0 Å². The van der Waals surface area contributed by atoms with Gasteiger partial charge in [-0.1, -0.05) is 6.92 Å². The summed E-state index contributed by atoms with van der Waals surface area (Å²) in [5.41, 5.74) is 1.84. The molecule has 1 aromatic rings. The van der Waals surface area contributed by atoms with Gasteiger partial charge in [-0.15, -0.1) is 0 Å². The molecule has 24 heavy (non-hydrogen) atoms. The zero-order chi connectivity index (χ0) is 16.9. The maximum absolute atomic E-state index is 11.7. The molecule has 0 radical (unpaired) electrons. The van der Waals surface area contributed by atoms with Crippen LogP contribution in [0, 0.1) is 5.92 Å². The van der Waals surface area contributed by atoms with Gasteiger partial charge in [-0.25, -0.2) is 4.79 Å². The molecule has 1 heterocycles. The standard InChI is InChI=1S/C20H30N2O2/c1-3-24-20(23)17-6-10-19(11-7-17)22-14-12-21(13-15-22)18-8-4-16(2)5-9-18/h6-7,10-11,16,18H,3-5,8-9,12-15H2,1-2H3. The molecular formula is C20H30N2O2. The Morgan fingerprint density at radius 2 is 1.67 bits per heavy atom. The fraction of sp³-hybridized carbons (Fsp3) is 0.650. The number of anilines is 1. The number of ether oxygens (including phenoxy) is 1. The number of rotatable bonds is 4. The molecule has 2 aliphatic rings. The van der Waals surface area contributed by atoms with Crippen LogP contribution in [0.4, 0.5) is 5.69 Å². The highest BCUT2D eigenvalue weighted by Gasteiger charge is 2.27. The Morgan fingerprint density at radius 1 is 1.04 bits per heavy atom. The molecule has 1 saturated carbocycles. The number of piperazine rings is 1. The van der Waals surface area contributed by atoms with Crippen molar-refractivity contribution in [1.29, 1.82) is 0 Å². The van der Waals surface area contributed by atoms with Crippen molar-refractivity contribution in [3.63, 3.8) is 0 Å². The molecule has 0 atom stereocenters. The average Bonchev–Trinajstić information content (AvgIpc) is 2.63. The van der Waals surface area contributed by atoms with E-state index in [0.717, 1.165) is 38.1 Å². The molecule has 4 heteroatoms. The monoisotopic (exact) mass is 330 g/mol. The van der Waals surface area contributed by atoms with E-state index in [2.05, 4.69) is 16.7 Å².